The molecular formula is C24H19N5O. The highest BCUT2D eigenvalue weighted by Gasteiger charge is 2.17. The fourth-order valence-electron chi connectivity index (χ4n) is 3.76. The molecule has 1 amide bonds. The van der Waals surface area contributed by atoms with Crippen LogP contribution >= 0.6 is 0 Å². The third-order valence-corrected chi connectivity index (χ3v) is 5.23. The van der Waals surface area contributed by atoms with E-state index in [9.17, 15) is 4.79 Å². The molecule has 6 nitrogen and oxygen atoms in total. The van der Waals surface area contributed by atoms with E-state index in [-0.39, 0.29) is 5.91 Å². The Hall–Kier alpha value is -4.32. The summed E-state index contributed by atoms with van der Waals surface area (Å²) in [5.74, 6) is -0.300. The summed E-state index contributed by atoms with van der Waals surface area (Å²) in [7, 11) is 0. The van der Waals surface area contributed by atoms with Crippen molar-refractivity contribution in [3.8, 4) is 11.3 Å². The van der Waals surface area contributed by atoms with Crippen molar-refractivity contribution in [1.29, 1.82) is 0 Å². The largest absolute Gasteiger partial charge is 0.398 e. The van der Waals surface area contributed by atoms with E-state index < -0.39 is 0 Å². The number of para-hydroxylation sites is 1. The minimum Gasteiger partial charge on any atom is -0.398 e. The molecule has 0 aliphatic carbocycles. The Morgan fingerprint density at radius 1 is 0.900 bits per heavy atom. The van der Waals surface area contributed by atoms with Crippen molar-refractivity contribution in [2.75, 3.05) is 16.8 Å². The molecule has 0 atom stereocenters. The van der Waals surface area contributed by atoms with Crippen molar-refractivity contribution >= 4 is 44.8 Å². The molecule has 0 unspecified atom stereocenters. The van der Waals surface area contributed by atoms with Gasteiger partial charge in [0.05, 0.1) is 28.1 Å². The summed E-state index contributed by atoms with van der Waals surface area (Å²) in [4.78, 5) is 20.7. The molecule has 0 spiro atoms. The number of nitrogens with zero attached hydrogens (tertiary/aromatic N) is 1. The van der Waals surface area contributed by atoms with Crippen LogP contribution in [0.1, 0.15) is 10.4 Å². The van der Waals surface area contributed by atoms with E-state index in [0.29, 0.717) is 22.6 Å². The molecule has 0 radical (unpaired) electrons. The maximum absolute atomic E-state index is 12.7. The molecular weight excluding hydrogens is 374 g/mol. The highest BCUT2D eigenvalue weighted by Crippen LogP contribution is 2.37. The van der Waals surface area contributed by atoms with Crippen LogP contribution in [0.2, 0.25) is 0 Å². The van der Waals surface area contributed by atoms with Gasteiger partial charge in [-0.05, 0) is 30.3 Å². The molecule has 2 heterocycles. The van der Waals surface area contributed by atoms with Crippen LogP contribution in [-0.4, -0.2) is 15.9 Å². The van der Waals surface area contributed by atoms with E-state index in [4.69, 9.17) is 11.5 Å². The number of nitrogen functional groups attached to an aromatic ring is 2. The third kappa shape index (κ3) is 2.82. The van der Waals surface area contributed by atoms with Crippen molar-refractivity contribution < 1.29 is 4.79 Å². The monoisotopic (exact) mass is 393 g/mol. The number of nitrogens with two attached hydrogens (primary N) is 2. The SMILES string of the molecule is Nc1ccccc1C(=O)Nc1ccc2[nH]c3c(-c4ccccc4)nccc3c2c1N. The Morgan fingerprint density at radius 2 is 1.67 bits per heavy atom. The van der Waals surface area contributed by atoms with Crippen LogP contribution in [0.15, 0.2) is 79.0 Å². The lowest BCUT2D eigenvalue weighted by Crippen LogP contribution is -2.15. The number of nitrogens with one attached hydrogen (secondary N) is 2. The molecule has 0 bridgehead atoms. The number of rotatable bonds is 3. The van der Waals surface area contributed by atoms with Crippen LogP contribution < -0.4 is 16.8 Å². The maximum atomic E-state index is 12.7. The van der Waals surface area contributed by atoms with Crippen LogP contribution in [-0.2, 0) is 0 Å². The number of benzene rings is 3. The van der Waals surface area contributed by atoms with Gasteiger partial charge < -0.3 is 21.8 Å². The Morgan fingerprint density at radius 3 is 2.47 bits per heavy atom. The maximum Gasteiger partial charge on any atom is 0.257 e. The van der Waals surface area contributed by atoms with Gasteiger partial charge in [-0.3, -0.25) is 9.78 Å². The highest BCUT2D eigenvalue weighted by atomic mass is 16.1. The molecule has 0 saturated heterocycles. The van der Waals surface area contributed by atoms with Crippen molar-refractivity contribution in [3.05, 3.63) is 84.6 Å². The summed E-state index contributed by atoms with van der Waals surface area (Å²) in [6.45, 7) is 0. The second kappa shape index (κ2) is 6.93. The zero-order chi connectivity index (χ0) is 20.7. The molecule has 2 aromatic heterocycles. The second-order valence-corrected chi connectivity index (χ2v) is 7.06. The average Bonchev–Trinajstić information content (AvgIpc) is 3.16. The summed E-state index contributed by atoms with van der Waals surface area (Å²) in [5, 5.41) is 4.69. The molecule has 0 saturated carbocycles. The summed E-state index contributed by atoms with van der Waals surface area (Å²) in [6, 6.07) is 22.5. The number of carbonyl (C=O) groups is 1. The molecule has 30 heavy (non-hydrogen) atoms. The number of pyridine rings is 1. The first-order valence-electron chi connectivity index (χ1n) is 9.53. The summed E-state index contributed by atoms with van der Waals surface area (Å²) < 4.78 is 0. The number of fused-ring (bicyclic) bond motifs is 3. The fourth-order valence-corrected chi connectivity index (χ4v) is 3.76. The van der Waals surface area contributed by atoms with E-state index in [2.05, 4.69) is 15.3 Å². The number of aromatic amines is 1. The van der Waals surface area contributed by atoms with Crippen LogP contribution in [0, 0.1) is 0 Å². The van der Waals surface area contributed by atoms with Gasteiger partial charge in [0.2, 0.25) is 0 Å². The van der Waals surface area contributed by atoms with Crippen molar-refractivity contribution in [1.82, 2.24) is 9.97 Å². The lowest BCUT2D eigenvalue weighted by Gasteiger charge is -2.10. The van der Waals surface area contributed by atoms with E-state index in [1.165, 1.54) is 0 Å². The Kier molecular flexibility index (Phi) is 4.10. The first-order chi connectivity index (χ1) is 14.6. The average molecular weight is 393 g/mol. The zero-order valence-corrected chi connectivity index (χ0v) is 16.0. The van der Waals surface area contributed by atoms with Gasteiger partial charge in [0.1, 0.15) is 0 Å². The van der Waals surface area contributed by atoms with Crippen LogP contribution in [0.4, 0.5) is 17.1 Å². The van der Waals surface area contributed by atoms with Gasteiger partial charge in [-0.25, -0.2) is 0 Å². The van der Waals surface area contributed by atoms with Gasteiger partial charge in [-0.15, -0.1) is 0 Å². The Labute approximate surface area is 172 Å². The minimum absolute atomic E-state index is 0.300. The van der Waals surface area contributed by atoms with Gasteiger partial charge in [-0.2, -0.15) is 0 Å². The number of hydrogen-bond acceptors (Lipinski definition) is 4. The van der Waals surface area contributed by atoms with Crippen LogP contribution in [0.5, 0.6) is 0 Å². The number of hydrogen-bond donors (Lipinski definition) is 4. The summed E-state index contributed by atoms with van der Waals surface area (Å²) >= 11 is 0. The second-order valence-electron chi connectivity index (χ2n) is 7.06. The number of aromatic nitrogens is 2. The number of amides is 1. The number of anilines is 3. The smallest absolute Gasteiger partial charge is 0.257 e. The summed E-state index contributed by atoms with van der Waals surface area (Å²) in [6.07, 6.45) is 1.77. The first-order valence-corrected chi connectivity index (χ1v) is 9.53. The number of H-pyrrole nitrogens is 1. The molecule has 146 valence electrons. The predicted molar refractivity (Wildman–Crippen MR) is 122 cm³/mol. The third-order valence-electron chi connectivity index (χ3n) is 5.23. The van der Waals surface area contributed by atoms with E-state index in [1.807, 2.05) is 42.5 Å². The quantitative estimate of drug-likeness (QED) is 0.330. The predicted octanol–water partition coefficient (Wildman–Crippen LogP) is 4.80. The van der Waals surface area contributed by atoms with Crippen LogP contribution in [0.25, 0.3) is 33.1 Å². The topological polar surface area (TPSA) is 110 Å². The zero-order valence-electron chi connectivity index (χ0n) is 16.0. The lowest BCUT2D eigenvalue weighted by molar-refractivity contribution is 0.102. The highest BCUT2D eigenvalue weighted by molar-refractivity contribution is 6.19. The lowest BCUT2D eigenvalue weighted by atomic mass is 10.1. The van der Waals surface area contributed by atoms with Crippen molar-refractivity contribution in [2.24, 2.45) is 0 Å². The standard InChI is InChI=1S/C24H19N5O/c25-17-9-5-4-8-15(17)24(30)29-19-11-10-18-20(21(19)26)16-12-13-27-22(23(16)28-18)14-6-2-1-3-7-14/h1-13,28H,25-26H2,(H,29,30). The normalized spacial score (nSPS) is 11.1. The van der Waals surface area contributed by atoms with Crippen molar-refractivity contribution in [3.63, 3.8) is 0 Å². The summed E-state index contributed by atoms with van der Waals surface area (Å²) in [5.41, 5.74) is 17.9. The molecule has 3 aromatic carbocycles. The van der Waals surface area contributed by atoms with Gasteiger partial charge >= 0.3 is 0 Å². The van der Waals surface area contributed by atoms with Crippen LogP contribution in [0.3, 0.4) is 0 Å². The Balaban J connectivity index is 1.63. The fraction of sp³-hybridized carbons (Fsp3) is 0. The van der Waals surface area contributed by atoms with Gasteiger partial charge in [0.15, 0.2) is 0 Å². The molecule has 6 N–H and O–H groups in total. The molecule has 5 rings (SSSR count). The molecule has 0 aliphatic heterocycles. The first kappa shape index (κ1) is 17.8. The minimum atomic E-state index is -0.300. The molecule has 0 aliphatic rings. The van der Waals surface area contributed by atoms with E-state index >= 15 is 0 Å². The van der Waals surface area contributed by atoms with E-state index in [0.717, 1.165) is 33.1 Å². The van der Waals surface area contributed by atoms with E-state index in [1.54, 1.807) is 36.5 Å². The number of carbonyl (C=O) groups excluding carboxylic acids is 1. The van der Waals surface area contributed by atoms with Gasteiger partial charge in [0, 0.05) is 33.7 Å². The Bertz CT molecular complexity index is 1410. The van der Waals surface area contributed by atoms with Gasteiger partial charge in [-0.1, -0.05) is 42.5 Å². The van der Waals surface area contributed by atoms with Crippen molar-refractivity contribution in [2.45, 2.75) is 0 Å². The molecule has 5 aromatic rings. The van der Waals surface area contributed by atoms with Gasteiger partial charge in [0.25, 0.3) is 5.91 Å². The molecule has 6 heteroatoms. The molecule has 0 fully saturated rings.